The maximum atomic E-state index is 13.0. The molecule has 5 rings (SSSR count). The van der Waals surface area contributed by atoms with Crippen molar-refractivity contribution in [1.29, 1.82) is 0 Å². The molecule has 30 heavy (non-hydrogen) atoms. The number of aryl methyl sites for hydroxylation is 1. The predicted molar refractivity (Wildman–Crippen MR) is 109 cm³/mol. The SMILES string of the molecule is Cc1ccn2cc(C(=O)N3CCC4(CC3)CC(CN3CCOCC3)OC4=O)nc2c1. The molecule has 0 aliphatic carbocycles. The highest BCUT2D eigenvalue weighted by Gasteiger charge is 2.51. The molecule has 2 aromatic heterocycles. The summed E-state index contributed by atoms with van der Waals surface area (Å²) in [5.41, 5.74) is 1.90. The van der Waals surface area contributed by atoms with Gasteiger partial charge in [-0.25, -0.2) is 4.98 Å². The van der Waals surface area contributed by atoms with Gasteiger partial charge in [0.2, 0.25) is 0 Å². The first-order valence-electron chi connectivity index (χ1n) is 10.8. The Labute approximate surface area is 175 Å². The first-order chi connectivity index (χ1) is 14.5. The maximum absolute atomic E-state index is 13.0. The van der Waals surface area contributed by atoms with Crippen LogP contribution in [0.15, 0.2) is 24.5 Å². The van der Waals surface area contributed by atoms with Gasteiger partial charge in [0.1, 0.15) is 17.4 Å². The van der Waals surface area contributed by atoms with Crippen LogP contribution in [0.4, 0.5) is 0 Å². The summed E-state index contributed by atoms with van der Waals surface area (Å²) < 4.78 is 13.0. The van der Waals surface area contributed by atoms with Crippen molar-refractivity contribution in [3.63, 3.8) is 0 Å². The molecule has 3 aliphatic rings. The average Bonchev–Trinajstić information content (AvgIpc) is 3.29. The third-order valence-electron chi connectivity index (χ3n) is 6.73. The number of morpholine rings is 1. The molecule has 0 bridgehead atoms. The number of hydrogen-bond donors (Lipinski definition) is 0. The second-order valence-electron chi connectivity index (χ2n) is 8.81. The van der Waals surface area contributed by atoms with E-state index in [0.29, 0.717) is 31.6 Å². The highest BCUT2D eigenvalue weighted by atomic mass is 16.6. The zero-order valence-corrected chi connectivity index (χ0v) is 17.4. The van der Waals surface area contributed by atoms with Crippen molar-refractivity contribution >= 4 is 17.5 Å². The number of esters is 1. The molecule has 1 spiro atoms. The minimum Gasteiger partial charge on any atom is -0.461 e. The van der Waals surface area contributed by atoms with Gasteiger partial charge in [0.15, 0.2) is 0 Å². The summed E-state index contributed by atoms with van der Waals surface area (Å²) >= 11 is 0. The number of pyridine rings is 1. The highest BCUT2D eigenvalue weighted by molar-refractivity contribution is 5.93. The maximum Gasteiger partial charge on any atom is 0.312 e. The van der Waals surface area contributed by atoms with Crippen molar-refractivity contribution in [2.75, 3.05) is 45.9 Å². The molecule has 0 saturated carbocycles. The molecule has 8 heteroatoms. The van der Waals surface area contributed by atoms with Crippen LogP contribution in [0.25, 0.3) is 5.65 Å². The van der Waals surface area contributed by atoms with E-state index in [2.05, 4.69) is 9.88 Å². The number of hydrogen-bond acceptors (Lipinski definition) is 6. The molecule has 160 valence electrons. The van der Waals surface area contributed by atoms with E-state index in [0.717, 1.165) is 50.5 Å². The second kappa shape index (κ2) is 7.67. The minimum atomic E-state index is -0.441. The van der Waals surface area contributed by atoms with Crippen LogP contribution in [0.2, 0.25) is 0 Å². The zero-order valence-electron chi connectivity index (χ0n) is 17.4. The smallest absolute Gasteiger partial charge is 0.312 e. The summed E-state index contributed by atoms with van der Waals surface area (Å²) in [6.07, 6.45) is 5.71. The number of cyclic esters (lactones) is 1. The number of likely N-dealkylation sites (tertiary alicyclic amines) is 1. The number of carbonyl (C=O) groups excluding carboxylic acids is 2. The van der Waals surface area contributed by atoms with Gasteiger partial charge in [-0.05, 0) is 37.5 Å². The zero-order chi connectivity index (χ0) is 20.7. The predicted octanol–water partition coefficient (Wildman–Crippen LogP) is 1.51. The van der Waals surface area contributed by atoms with E-state index in [1.807, 2.05) is 34.6 Å². The van der Waals surface area contributed by atoms with Gasteiger partial charge in [-0.15, -0.1) is 0 Å². The third-order valence-corrected chi connectivity index (χ3v) is 6.73. The number of amides is 1. The van der Waals surface area contributed by atoms with Gasteiger partial charge in [-0.2, -0.15) is 0 Å². The Morgan fingerprint density at radius 1 is 1.23 bits per heavy atom. The first kappa shape index (κ1) is 19.5. The van der Waals surface area contributed by atoms with Crippen molar-refractivity contribution in [3.8, 4) is 0 Å². The van der Waals surface area contributed by atoms with Crippen molar-refractivity contribution in [1.82, 2.24) is 19.2 Å². The van der Waals surface area contributed by atoms with Gasteiger partial charge in [-0.3, -0.25) is 14.5 Å². The molecule has 0 N–H and O–H groups in total. The topological polar surface area (TPSA) is 76.4 Å². The summed E-state index contributed by atoms with van der Waals surface area (Å²) in [7, 11) is 0. The molecule has 5 heterocycles. The lowest BCUT2D eigenvalue weighted by atomic mass is 9.76. The van der Waals surface area contributed by atoms with Crippen LogP contribution < -0.4 is 0 Å². The highest BCUT2D eigenvalue weighted by Crippen LogP contribution is 2.43. The Kier molecular flexibility index (Phi) is 4.99. The first-order valence-corrected chi connectivity index (χ1v) is 10.8. The number of aromatic nitrogens is 2. The van der Waals surface area contributed by atoms with Crippen LogP contribution in [0, 0.1) is 12.3 Å². The van der Waals surface area contributed by atoms with Gasteiger partial charge in [0.25, 0.3) is 5.91 Å². The van der Waals surface area contributed by atoms with Gasteiger partial charge in [0, 0.05) is 51.5 Å². The van der Waals surface area contributed by atoms with Crippen LogP contribution >= 0.6 is 0 Å². The molecular formula is C22H28N4O4. The summed E-state index contributed by atoms with van der Waals surface area (Å²) in [4.78, 5) is 34.3. The fourth-order valence-corrected chi connectivity index (χ4v) is 4.91. The van der Waals surface area contributed by atoms with E-state index < -0.39 is 5.41 Å². The summed E-state index contributed by atoms with van der Waals surface area (Å²) in [6.45, 7) is 7.17. The Bertz CT molecular complexity index is 957. The van der Waals surface area contributed by atoms with Gasteiger partial charge >= 0.3 is 5.97 Å². The quantitative estimate of drug-likeness (QED) is 0.712. The van der Waals surface area contributed by atoms with Crippen LogP contribution in [-0.4, -0.2) is 83.1 Å². The van der Waals surface area contributed by atoms with E-state index in [1.54, 1.807) is 6.20 Å². The molecule has 0 aromatic carbocycles. The Balaban J connectivity index is 1.21. The van der Waals surface area contributed by atoms with Crippen molar-refractivity contribution in [2.45, 2.75) is 32.3 Å². The van der Waals surface area contributed by atoms with Crippen LogP contribution in [-0.2, 0) is 14.3 Å². The third kappa shape index (κ3) is 3.58. The molecule has 1 atom stereocenters. The molecule has 1 unspecified atom stereocenters. The Morgan fingerprint density at radius 3 is 2.77 bits per heavy atom. The Morgan fingerprint density at radius 2 is 2.00 bits per heavy atom. The molecule has 3 aliphatic heterocycles. The lowest BCUT2D eigenvalue weighted by Gasteiger charge is -2.36. The standard InChI is InChI=1S/C22H28N4O4/c1-16-2-5-26-15-18(23-19(26)12-16)20(27)25-6-3-22(4-7-25)13-17(30-21(22)28)14-24-8-10-29-11-9-24/h2,5,12,15,17H,3-4,6-11,13-14H2,1H3. The minimum absolute atomic E-state index is 0.0560. The van der Waals surface area contributed by atoms with E-state index in [-0.39, 0.29) is 18.0 Å². The molecule has 3 saturated heterocycles. The fourth-order valence-electron chi connectivity index (χ4n) is 4.91. The van der Waals surface area contributed by atoms with Gasteiger partial charge in [-0.1, -0.05) is 0 Å². The second-order valence-corrected chi connectivity index (χ2v) is 8.81. The average molecular weight is 412 g/mol. The number of carbonyl (C=O) groups is 2. The largest absolute Gasteiger partial charge is 0.461 e. The number of rotatable bonds is 3. The molecule has 2 aromatic rings. The molecular weight excluding hydrogens is 384 g/mol. The lowest BCUT2D eigenvalue weighted by molar-refractivity contribution is -0.151. The summed E-state index contributed by atoms with van der Waals surface area (Å²) in [5, 5.41) is 0. The number of imidazole rings is 1. The van der Waals surface area contributed by atoms with E-state index in [1.165, 1.54) is 0 Å². The molecule has 1 amide bonds. The van der Waals surface area contributed by atoms with E-state index >= 15 is 0 Å². The van der Waals surface area contributed by atoms with Gasteiger partial charge in [0.05, 0.1) is 18.6 Å². The monoisotopic (exact) mass is 412 g/mol. The van der Waals surface area contributed by atoms with Crippen LogP contribution in [0.3, 0.4) is 0 Å². The lowest BCUT2D eigenvalue weighted by Crippen LogP contribution is -2.45. The summed E-state index contributed by atoms with van der Waals surface area (Å²) in [5.74, 6) is -0.154. The van der Waals surface area contributed by atoms with Crippen molar-refractivity contribution in [2.24, 2.45) is 5.41 Å². The van der Waals surface area contributed by atoms with Crippen LogP contribution in [0.5, 0.6) is 0 Å². The number of piperidine rings is 1. The number of ether oxygens (including phenoxy) is 2. The molecule has 0 radical (unpaired) electrons. The molecule has 3 fully saturated rings. The Hall–Kier alpha value is -2.45. The van der Waals surface area contributed by atoms with Crippen molar-refractivity contribution < 1.29 is 19.1 Å². The van der Waals surface area contributed by atoms with E-state index in [9.17, 15) is 9.59 Å². The van der Waals surface area contributed by atoms with Crippen LogP contribution in [0.1, 0.15) is 35.3 Å². The molecule has 8 nitrogen and oxygen atoms in total. The number of nitrogens with zero attached hydrogens (tertiary/aromatic N) is 4. The van der Waals surface area contributed by atoms with Gasteiger partial charge < -0.3 is 18.8 Å². The normalized spacial score (nSPS) is 24.5. The fraction of sp³-hybridized carbons (Fsp3) is 0.591. The summed E-state index contributed by atoms with van der Waals surface area (Å²) in [6, 6.07) is 3.96. The van der Waals surface area contributed by atoms with Crippen molar-refractivity contribution in [3.05, 3.63) is 35.8 Å². The number of fused-ring (bicyclic) bond motifs is 1. The van der Waals surface area contributed by atoms with E-state index in [4.69, 9.17) is 9.47 Å².